The summed E-state index contributed by atoms with van der Waals surface area (Å²) in [5, 5.41) is 2.81. The number of urea groups is 1. The third kappa shape index (κ3) is 3.69. The van der Waals surface area contributed by atoms with E-state index in [-0.39, 0.29) is 11.9 Å². The van der Waals surface area contributed by atoms with Crippen LogP contribution < -0.4 is 10.1 Å². The number of carbonyl (C=O) groups excluding carboxylic acids is 2. The van der Waals surface area contributed by atoms with E-state index >= 15 is 0 Å². The average molecular weight is 403 g/mol. The molecule has 0 bridgehead atoms. The standard InChI is InChI=1S/C19H19BrN2O3/c1-19(14-7-5-8-15(20)13-14)17(23)22(18(24)21-19)11-6-12-25-16-9-3-2-4-10-16/h2-5,7-10,13H,6,11-12H2,1H3,(H,21,24). The number of imide groups is 1. The average Bonchev–Trinajstić information content (AvgIpc) is 2.83. The minimum absolute atomic E-state index is 0.240. The molecular weight excluding hydrogens is 384 g/mol. The van der Waals surface area contributed by atoms with Crippen molar-refractivity contribution in [1.82, 2.24) is 10.2 Å². The molecule has 0 radical (unpaired) electrons. The van der Waals surface area contributed by atoms with Crippen LogP contribution in [0.25, 0.3) is 0 Å². The van der Waals surface area contributed by atoms with E-state index in [0.717, 1.165) is 15.8 Å². The van der Waals surface area contributed by atoms with Crippen molar-refractivity contribution in [2.75, 3.05) is 13.2 Å². The quantitative estimate of drug-likeness (QED) is 0.591. The van der Waals surface area contributed by atoms with Gasteiger partial charge in [-0.3, -0.25) is 9.69 Å². The van der Waals surface area contributed by atoms with Gasteiger partial charge in [0.15, 0.2) is 0 Å². The highest BCUT2D eigenvalue weighted by Crippen LogP contribution is 2.30. The molecule has 3 amide bonds. The number of amides is 3. The molecule has 1 fully saturated rings. The maximum absolute atomic E-state index is 12.8. The molecule has 2 aromatic rings. The first-order valence-corrected chi connectivity index (χ1v) is 8.88. The van der Waals surface area contributed by atoms with Crippen molar-refractivity contribution in [2.45, 2.75) is 18.9 Å². The Balaban J connectivity index is 1.61. The summed E-state index contributed by atoms with van der Waals surface area (Å²) < 4.78 is 6.48. The van der Waals surface area contributed by atoms with Crippen LogP contribution >= 0.6 is 15.9 Å². The molecule has 0 spiro atoms. The molecule has 130 valence electrons. The van der Waals surface area contributed by atoms with E-state index in [1.807, 2.05) is 54.6 Å². The van der Waals surface area contributed by atoms with E-state index in [0.29, 0.717) is 19.6 Å². The van der Waals surface area contributed by atoms with E-state index < -0.39 is 5.54 Å². The van der Waals surface area contributed by atoms with E-state index in [1.165, 1.54) is 4.90 Å². The highest BCUT2D eigenvalue weighted by molar-refractivity contribution is 9.10. The lowest BCUT2D eigenvalue weighted by atomic mass is 9.92. The molecule has 25 heavy (non-hydrogen) atoms. The lowest BCUT2D eigenvalue weighted by Gasteiger charge is -2.22. The number of para-hydroxylation sites is 1. The monoisotopic (exact) mass is 402 g/mol. The molecule has 1 unspecified atom stereocenters. The molecule has 1 saturated heterocycles. The topological polar surface area (TPSA) is 58.6 Å². The molecule has 0 aliphatic carbocycles. The first-order chi connectivity index (χ1) is 12.0. The van der Waals surface area contributed by atoms with Crippen molar-refractivity contribution >= 4 is 27.9 Å². The lowest BCUT2D eigenvalue weighted by molar-refractivity contribution is -0.131. The molecule has 1 aliphatic rings. The van der Waals surface area contributed by atoms with Gasteiger partial charge in [0, 0.05) is 11.0 Å². The zero-order valence-corrected chi connectivity index (χ0v) is 15.5. The molecule has 1 heterocycles. The van der Waals surface area contributed by atoms with Crippen molar-refractivity contribution in [3.63, 3.8) is 0 Å². The van der Waals surface area contributed by atoms with Gasteiger partial charge in [-0.25, -0.2) is 4.79 Å². The summed E-state index contributed by atoms with van der Waals surface area (Å²) >= 11 is 3.40. The summed E-state index contributed by atoms with van der Waals surface area (Å²) in [6.07, 6.45) is 0.572. The number of nitrogens with zero attached hydrogens (tertiary/aromatic N) is 1. The molecule has 1 aliphatic heterocycles. The highest BCUT2D eigenvalue weighted by Gasteiger charge is 2.48. The van der Waals surface area contributed by atoms with Gasteiger partial charge < -0.3 is 10.1 Å². The Hall–Kier alpha value is -2.34. The zero-order valence-electron chi connectivity index (χ0n) is 13.9. The highest BCUT2D eigenvalue weighted by atomic mass is 79.9. The van der Waals surface area contributed by atoms with Gasteiger partial charge in [0.1, 0.15) is 11.3 Å². The SMILES string of the molecule is CC1(c2cccc(Br)c2)NC(=O)N(CCCOc2ccccc2)C1=O. The Morgan fingerprint density at radius 1 is 1.12 bits per heavy atom. The van der Waals surface area contributed by atoms with E-state index in [9.17, 15) is 9.59 Å². The summed E-state index contributed by atoms with van der Waals surface area (Å²) in [7, 11) is 0. The number of hydrogen-bond donors (Lipinski definition) is 1. The molecule has 0 saturated carbocycles. The number of halogens is 1. The van der Waals surface area contributed by atoms with Crippen LogP contribution in [0.5, 0.6) is 5.75 Å². The van der Waals surface area contributed by atoms with E-state index in [2.05, 4.69) is 21.2 Å². The number of nitrogens with one attached hydrogen (secondary N) is 1. The number of rotatable bonds is 6. The molecule has 3 rings (SSSR count). The largest absolute Gasteiger partial charge is 0.494 e. The maximum Gasteiger partial charge on any atom is 0.325 e. The van der Waals surface area contributed by atoms with Gasteiger partial charge in [0.05, 0.1) is 6.61 Å². The van der Waals surface area contributed by atoms with Crippen LogP contribution in [-0.4, -0.2) is 30.0 Å². The summed E-state index contributed by atoms with van der Waals surface area (Å²) in [6.45, 7) is 2.49. The molecule has 2 aromatic carbocycles. The first-order valence-electron chi connectivity index (χ1n) is 8.09. The Morgan fingerprint density at radius 2 is 1.88 bits per heavy atom. The van der Waals surface area contributed by atoms with E-state index in [1.54, 1.807) is 6.92 Å². The van der Waals surface area contributed by atoms with Gasteiger partial charge in [-0.1, -0.05) is 46.3 Å². The fourth-order valence-corrected chi connectivity index (χ4v) is 3.22. The van der Waals surface area contributed by atoms with Crippen LogP contribution in [0.15, 0.2) is 59.1 Å². The summed E-state index contributed by atoms with van der Waals surface area (Å²) in [6, 6.07) is 16.5. The second-order valence-electron chi connectivity index (χ2n) is 6.04. The maximum atomic E-state index is 12.8. The van der Waals surface area contributed by atoms with Crippen LogP contribution in [-0.2, 0) is 10.3 Å². The summed E-state index contributed by atoms with van der Waals surface area (Å²) in [5.74, 6) is 0.536. The number of benzene rings is 2. The van der Waals surface area contributed by atoms with Gasteiger partial charge in [0.2, 0.25) is 0 Å². The van der Waals surface area contributed by atoms with Crippen molar-refractivity contribution in [3.05, 3.63) is 64.6 Å². The zero-order chi connectivity index (χ0) is 17.9. The fourth-order valence-electron chi connectivity index (χ4n) is 2.82. The first kappa shape index (κ1) is 17.5. The minimum Gasteiger partial charge on any atom is -0.494 e. The second kappa shape index (κ2) is 7.27. The molecule has 6 heteroatoms. The Bertz CT molecular complexity index is 781. The predicted octanol–water partition coefficient (Wildman–Crippen LogP) is 3.69. The molecule has 0 aromatic heterocycles. The second-order valence-corrected chi connectivity index (χ2v) is 6.95. The smallest absolute Gasteiger partial charge is 0.325 e. The van der Waals surface area contributed by atoms with Gasteiger partial charge in [-0.2, -0.15) is 0 Å². The molecule has 1 N–H and O–H groups in total. The van der Waals surface area contributed by atoms with E-state index in [4.69, 9.17) is 4.74 Å². The molecular formula is C19H19BrN2O3. The van der Waals surface area contributed by atoms with Gasteiger partial charge in [0.25, 0.3) is 5.91 Å². The Kier molecular flexibility index (Phi) is 5.08. The van der Waals surface area contributed by atoms with Crippen LogP contribution in [0.4, 0.5) is 4.79 Å². The van der Waals surface area contributed by atoms with Gasteiger partial charge in [-0.15, -0.1) is 0 Å². The van der Waals surface area contributed by atoms with Crippen LogP contribution in [0.2, 0.25) is 0 Å². The van der Waals surface area contributed by atoms with Crippen molar-refractivity contribution in [3.8, 4) is 5.75 Å². The summed E-state index contributed by atoms with van der Waals surface area (Å²) in [5.41, 5.74) is -0.288. The Morgan fingerprint density at radius 3 is 2.60 bits per heavy atom. The molecule has 1 atom stereocenters. The number of hydrogen-bond acceptors (Lipinski definition) is 3. The third-order valence-corrected chi connectivity index (χ3v) is 4.71. The summed E-state index contributed by atoms with van der Waals surface area (Å²) in [4.78, 5) is 26.3. The fraction of sp³-hybridized carbons (Fsp3) is 0.263. The van der Waals surface area contributed by atoms with Crippen LogP contribution in [0, 0.1) is 0 Å². The molecule has 5 nitrogen and oxygen atoms in total. The number of carbonyl (C=O) groups is 2. The van der Waals surface area contributed by atoms with Crippen molar-refractivity contribution < 1.29 is 14.3 Å². The van der Waals surface area contributed by atoms with Gasteiger partial charge in [-0.05, 0) is 43.2 Å². The third-order valence-electron chi connectivity index (χ3n) is 4.21. The van der Waals surface area contributed by atoms with Crippen molar-refractivity contribution in [1.29, 1.82) is 0 Å². The van der Waals surface area contributed by atoms with Crippen LogP contribution in [0.1, 0.15) is 18.9 Å². The lowest BCUT2D eigenvalue weighted by Crippen LogP contribution is -2.41. The predicted molar refractivity (Wildman–Crippen MR) is 98.3 cm³/mol. The van der Waals surface area contributed by atoms with Crippen molar-refractivity contribution in [2.24, 2.45) is 0 Å². The minimum atomic E-state index is -1.04. The Labute approximate surface area is 155 Å². The van der Waals surface area contributed by atoms with Crippen LogP contribution in [0.3, 0.4) is 0 Å². The normalized spacial score (nSPS) is 19.8. The number of ether oxygens (including phenoxy) is 1. The van der Waals surface area contributed by atoms with Gasteiger partial charge >= 0.3 is 6.03 Å².